The number of nitrogens with zero attached hydrogens (tertiary/aromatic N) is 2. The predicted molar refractivity (Wildman–Crippen MR) is 101 cm³/mol. The first kappa shape index (κ1) is 18.6. The van der Waals surface area contributed by atoms with Crippen molar-refractivity contribution in [1.29, 1.82) is 5.26 Å². The molecule has 0 saturated carbocycles. The van der Waals surface area contributed by atoms with E-state index < -0.39 is 0 Å². The molecule has 2 rings (SSSR count). The third-order valence-electron chi connectivity index (χ3n) is 3.68. The SMILES string of the molecule is CCCC(C#N)CCC1CSC(NC(=O)Nc2cccc(Cl)c2)=N1. The van der Waals surface area contributed by atoms with Crippen LogP contribution in [0.3, 0.4) is 0 Å². The molecular formula is C17H21ClN4OS. The molecule has 7 heteroatoms. The fourth-order valence-electron chi connectivity index (χ4n) is 2.47. The summed E-state index contributed by atoms with van der Waals surface area (Å²) in [7, 11) is 0. The molecule has 1 heterocycles. The first-order valence-corrected chi connectivity index (χ1v) is 9.41. The van der Waals surface area contributed by atoms with Crippen molar-refractivity contribution in [2.45, 2.75) is 38.6 Å². The average molecular weight is 365 g/mol. The standard InChI is InChI=1S/C17H21ClN4OS/c1-2-4-12(10-19)7-8-15-11-24-17(21-15)22-16(23)20-14-6-3-5-13(18)9-14/h3,5-6,9,12,15H,2,4,7-8,11H2,1H3,(H2,20,21,22,23). The largest absolute Gasteiger partial charge is 0.325 e. The minimum absolute atomic E-state index is 0.110. The number of nitriles is 1. The highest BCUT2D eigenvalue weighted by molar-refractivity contribution is 8.14. The van der Waals surface area contributed by atoms with Crippen LogP contribution in [0.5, 0.6) is 0 Å². The minimum atomic E-state index is -0.329. The molecule has 2 atom stereocenters. The Morgan fingerprint density at radius 1 is 1.50 bits per heavy atom. The van der Waals surface area contributed by atoms with Crippen molar-refractivity contribution in [2.24, 2.45) is 10.9 Å². The zero-order valence-corrected chi connectivity index (χ0v) is 15.2. The summed E-state index contributed by atoms with van der Waals surface area (Å²) in [6.07, 6.45) is 3.71. The van der Waals surface area contributed by atoms with Gasteiger partial charge in [0.1, 0.15) is 0 Å². The van der Waals surface area contributed by atoms with Crippen molar-refractivity contribution >= 4 is 40.2 Å². The van der Waals surface area contributed by atoms with Crippen LogP contribution in [0.2, 0.25) is 5.02 Å². The number of amides is 2. The van der Waals surface area contributed by atoms with Crippen molar-refractivity contribution in [1.82, 2.24) is 5.32 Å². The maximum absolute atomic E-state index is 12.0. The third kappa shape index (κ3) is 6.06. The van der Waals surface area contributed by atoms with E-state index in [-0.39, 0.29) is 18.0 Å². The van der Waals surface area contributed by atoms with Gasteiger partial charge in [0, 0.05) is 22.4 Å². The van der Waals surface area contributed by atoms with Crippen LogP contribution in [-0.4, -0.2) is 23.0 Å². The van der Waals surface area contributed by atoms with Gasteiger partial charge < -0.3 is 5.32 Å². The van der Waals surface area contributed by atoms with E-state index >= 15 is 0 Å². The fraction of sp³-hybridized carbons (Fsp3) is 0.471. The van der Waals surface area contributed by atoms with Crippen LogP contribution in [0.1, 0.15) is 32.6 Å². The van der Waals surface area contributed by atoms with Gasteiger partial charge in [-0.1, -0.05) is 42.8 Å². The number of amidine groups is 1. The van der Waals surface area contributed by atoms with Crippen molar-refractivity contribution < 1.29 is 4.79 Å². The number of halogens is 1. The second-order valence-corrected chi connectivity index (χ2v) is 7.13. The molecule has 0 spiro atoms. The molecule has 0 aliphatic carbocycles. The number of urea groups is 1. The first-order chi connectivity index (χ1) is 11.6. The van der Waals surface area contributed by atoms with E-state index in [1.807, 2.05) is 0 Å². The lowest BCUT2D eigenvalue weighted by molar-refractivity contribution is 0.256. The van der Waals surface area contributed by atoms with E-state index in [0.717, 1.165) is 31.4 Å². The highest BCUT2D eigenvalue weighted by Gasteiger charge is 2.21. The Hall–Kier alpha value is -1.71. The molecule has 1 aliphatic heterocycles. The molecule has 2 N–H and O–H groups in total. The number of carbonyl (C=O) groups excluding carboxylic acids is 1. The fourth-order valence-corrected chi connectivity index (χ4v) is 3.64. The van der Waals surface area contributed by atoms with Gasteiger partial charge >= 0.3 is 6.03 Å². The normalized spacial score (nSPS) is 17.7. The summed E-state index contributed by atoms with van der Waals surface area (Å²) < 4.78 is 0. The van der Waals surface area contributed by atoms with Crippen LogP contribution < -0.4 is 10.6 Å². The van der Waals surface area contributed by atoms with Gasteiger partial charge in [-0.2, -0.15) is 5.26 Å². The van der Waals surface area contributed by atoms with E-state index in [9.17, 15) is 4.79 Å². The minimum Gasteiger partial charge on any atom is -0.308 e. The molecule has 24 heavy (non-hydrogen) atoms. The number of nitrogens with one attached hydrogen (secondary N) is 2. The summed E-state index contributed by atoms with van der Waals surface area (Å²) >= 11 is 7.42. The number of thioether (sulfide) groups is 1. The Morgan fingerprint density at radius 3 is 3.04 bits per heavy atom. The molecular weight excluding hydrogens is 344 g/mol. The summed E-state index contributed by atoms with van der Waals surface area (Å²) in [5.74, 6) is 0.954. The Bertz CT molecular complexity index is 644. The zero-order valence-electron chi connectivity index (χ0n) is 13.6. The number of aliphatic imine (C=N–C) groups is 1. The molecule has 0 radical (unpaired) electrons. The quantitative estimate of drug-likeness (QED) is 0.771. The smallest absolute Gasteiger partial charge is 0.308 e. The van der Waals surface area contributed by atoms with Crippen LogP contribution in [-0.2, 0) is 0 Å². The number of carbonyl (C=O) groups is 1. The summed E-state index contributed by atoms with van der Waals surface area (Å²) in [5, 5.41) is 15.8. The zero-order chi connectivity index (χ0) is 17.4. The number of benzene rings is 1. The molecule has 2 amide bonds. The van der Waals surface area contributed by atoms with Gasteiger partial charge in [0.15, 0.2) is 5.17 Å². The van der Waals surface area contributed by atoms with Crippen LogP contribution in [0.15, 0.2) is 29.3 Å². The summed E-state index contributed by atoms with van der Waals surface area (Å²) in [4.78, 5) is 16.5. The van der Waals surface area contributed by atoms with Gasteiger partial charge in [-0.3, -0.25) is 10.3 Å². The van der Waals surface area contributed by atoms with E-state index in [1.54, 1.807) is 24.3 Å². The Morgan fingerprint density at radius 2 is 2.33 bits per heavy atom. The van der Waals surface area contributed by atoms with E-state index in [2.05, 4.69) is 28.6 Å². The van der Waals surface area contributed by atoms with Gasteiger partial charge in [-0.15, -0.1) is 0 Å². The molecule has 0 fully saturated rings. The van der Waals surface area contributed by atoms with Gasteiger partial charge in [0.05, 0.1) is 12.1 Å². The maximum Gasteiger partial charge on any atom is 0.325 e. The molecule has 5 nitrogen and oxygen atoms in total. The summed E-state index contributed by atoms with van der Waals surface area (Å²) in [5.41, 5.74) is 0.636. The number of anilines is 1. The predicted octanol–water partition coefficient (Wildman–Crippen LogP) is 4.65. The highest BCUT2D eigenvalue weighted by atomic mass is 35.5. The van der Waals surface area contributed by atoms with Gasteiger partial charge in [-0.05, 0) is 37.5 Å². The topological polar surface area (TPSA) is 77.3 Å². The van der Waals surface area contributed by atoms with Crippen molar-refractivity contribution in [3.05, 3.63) is 29.3 Å². The van der Waals surface area contributed by atoms with Crippen LogP contribution >= 0.6 is 23.4 Å². The van der Waals surface area contributed by atoms with Crippen molar-refractivity contribution in [3.63, 3.8) is 0 Å². The maximum atomic E-state index is 12.0. The third-order valence-corrected chi connectivity index (χ3v) is 4.95. The Kier molecular flexibility index (Phi) is 7.41. The van der Waals surface area contributed by atoms with Crippen molar-refractivity contribution in [2.75, 3.05) is 11.1 Å². The lowest BCUT2D eigenvalue weighted by Crippen LogP contribution is -2.31. The van der Waals surface area contributed by atoms with Gasteiger partial charge in [0.25, 0.3) is 0 Å². The molecule has 0 saturated heterocycles. The number of hydrogen-bond donors (Lipinski definition) is 2. The van der Waals surface area contributed by atoms with E-state index in [1.165, 1.54) is 11.8 Å². The van der Waals surface area contributed by atoms with Crippen LogP contribution in [0.25, 0.3) is 0 Å². The number of rotatable bonds is 6. The Labute approximate surface area is 151 Å². The second kappa shape index (κ2) is 9.55. The highest BCUT2D eigenvalue weighted by Crippen LogP contribution is 2.23. The molecule has 2 unspecified atom stereocenters. The van der Waals surface area contributed by atoms with E-state index in [0.29, 0.717) is 15.9 Å². The lowest BCUT2D eigenvalue weighted by Gasteiger charge is -2.09. The molecule has 0 aromatic heterocycles. The van der Waals surface area contributed by atoms with Gasteiger partial charge in [0.2, 0.25) is 0 Å². The molecule has 1 aromatic carbocycles. The first-order valence-electron chi connectivity index (χ1n) is 8.04. The lowest BCUT2D eigenvalue weighted by atomic mass is 9.97. The van der Waals surface area contributed by atoms with Crippen LogP contribution in [0, 0.1) is 17.2 Å². The molecule has 0 bridgehead atoms. The molecule has 1 aliphatic rings. The Balaban J connectivity index is 1.79. The molecule has 128 valence electrons. The van der Waals surface area contributed by atoms with Crippen molar-refractivity contribution in [3.8, 4) is 6.07 Å². The summed E-state index contributed by atoms with van der Waals surface area (Å²) in [6.45, 7) is 2.09. The summed E-state index contributed by atoms with van der Waals surface area (Å²) in [6, 6.07) is 9.18. The van der Waals surface area contributed by atoms with Gasteiger partial charge in [-0.25, -0.2) is 4.79 Å². The molecule has 1 aromatic rings. The van der Waals surface area contributed by atoms with Crippen LogP contribution in [0.4, 0.5) is 10.5 Å². The monoisotopic (exact) mass is 364 g/mol. The second-order valence-electron chi connectivity index (χ2n) is 5.68. The van der Waals surface area contributed by atoms with E-state index in [4.69, 9.17) is 16.9 Å². The average Bonchev–Trinajstić information content (AvgIpc) is 2.98. The number of hydrogen-bond acceptors (Lipinski definition) is 4.